The summed E-state index contributed by atoms with van der Waals surface area (Å²) < 4.78 is 32.1. The number of piperidine rings is 1. The van der Waals surface area contributed by atoms with Crippen molar-refractivity contribution < 1.29 is 23.1 Å². The van der Waals surface area contributed by atoms with E-state index in [9.17, 15) is 18.4 Å². The molecule has 0 saturated carbocycles. The van der Waals surface area contributed by atoms with E-state index in [1.165, 1.54) is 29.2 Å². The average molecular weight is 352 g/mol. The summed E-state index contributed by atoms with van der Waals surface area (Å²) in [4.78, 5) is 28.1. The summed E-state index contributed by atoms with van der Waals surface area (Å²) in [7, 11) is 0. The zero-order valence-electron chi connectivity index (χ0n) is 14.0. The van der Waals surface area contributed by atoms with Crippen molar-refractivity contribution in [3.8, 4) is 5.75 Å². The van der Waals surface area contributed by atoms with E-state index in [-0.39, 0.29) is 25.5 Å². The van der Waals surface area contributed by atoms with Gasteiger partial charge < -0.3 is 14.5 Å². The van der Waals surface area contributed by atoms with Gasteiger partial charge in [-0.3, -0.25) is 9.59 Å². The lowest BCUT2D eigenvalue weighted by molar-refractivity contribution is -0.145. The quantitative estimate of drug-likeness (QED) is 0.834. The van der Waals surface area contributed by atoms with Crippen molar-refractivity contribution in [3.63, 3.8) is 0 Å². The number of rotatable bonds is 4. The molecule has 25 heavy (non-hydrogen) atoms. The van der Waals surface area contributed by atoms with Crippen molar-refractivity contribution in [2.45, 2.75) is 37.9 Å². The Hall–Kier alpha value is -2.18. The highest BCUT2D eigenvalue weighted by Gasteiger charge is 2.41. The summed E-state index contributed by atoms with van der Waals surface area (Å²) in [6.07, 6.45) is 1.82. The molecule has 0 unspecified atom stereocenters. The van der Waals surface area contributed by atoms with Gasteiger partial charge in [-0.2, -0.15) is 0 Å². The SMILES string of the molecule is O=C([C@@H]1C[C@H](F)CN1C(=O)COc1ccc(F)cc1)N1CCCCC1. The molecule has 7 heteroatoms. The number of halogens is 2. The normalized spacial score (nSPS) is 23.6. The Bertz CT molecular complexity index is 617. The van der Waals surface area contributed by atoms with Crippen LogP contribution < -0.4 is 4.74 Å². The number of carbonyl (C=O) groups excluding carboxylic acids is 2. The molecule has 2 saturated heterocycles. The van der Waals surface area contributed by atoms with Crippen molar-refractivity contribution in [3.05, 3.63) is 30.1 Å². The number of carbonyl (C=O) groups is 2. The first-order valence-electron chi connectivity index (χ1n) is 8.65. The number of alkyl halides is 1. The molecule has 2 heterocycles. The summed E-state index contributed by atoms with van der Waals surface area (Å²) in [6.45, 7) is 0.943. The maximum Gasteiger partial charge on any atom is 0.261 e. The first-order chi connectivity index (χ1) is 12.0. The monoisotopic (exact) mass is 352 g/mol. The van der Waals surface area contributed by atoms with Gasteiger partial charge in [0.25, 0.3) is 5.91 Å². The van der Waals surface area contributed by atoms with Crippen LogP contribution in [-0.4, -0.2) is 60.1 Å². The van der Waals surface area contributed by atoms with Gasteiger partial charge in [-0.15, -0.1) is 0 Å². The van der Waals surface area contributed by atoms with Crippen LogP contribution in [0.1, 0.15) is 25.7 Å². The molecule has 1 aromatic rings. The van der Waals surface area contributed by atoms with Gasteiger partial charge in [0.2, 0.25) is 5.91 Å². The van der Waals surface area contributed by atoms with E-state index in [0.717, 1.165) is 19.3 Å². The number of likely N-dealkylation sites (tertiary alicyclic amines) is 2. The third-order valence-electron chi connectivity index (χ3n) is 4.70. The Kier molecular flexibility index (Phi) is 5.50. The topological polar surface area (TPSA) is 49.9 Å². The fraction of sp³-hybridized carbons (Fsp3) is 0.556. The second-order valence-electron chi connectivity index (χ2n) is 6.52. The Balaban J connectivity index is 1.60. The van der Waals surface area contributed by atoms with Crippen LogP contribution in [0.4, 0.5) is 8.78 Å². The van der Waals surface area contributed by atoms with Crippen molar-refractivity contribution in [2.75, 3.05) is 26.2 Å². The molecule has 3 rings (SSSR count). The molecule has 2 amide bonds. The second-order valence-corrected chi connectivity index (χ2v) is 6.52. The maximum atomic E-state index is 13.9. The van der Waals surface area contributed by atoms with E-state index in [1.54, 1.807) is 4.90 Å². The van der Waals surface area contributed by atoms with Gasteiger partial charge in [0.1, 0.15) is 23.8 Å². The molecule has 0 N–H and O–H groups in total. The van der Waals surface area contributed by atoms with Crippen LogP contribution in [-0.2, 0) is 9.59 Å². The van der Waals surface area contributed by atoms with Crippen LogP contribution in [0.3, 0.4) is 0 Å². The average Bonchev–Trinajstić information content (AvgIpc) is 3.03. The van der Waals surface area contributed by atoms with Crippen LogP contribution in [0.25, 0.3) is 0 Å². The predicted molar refractivity (Wildman–Crippen MR) is 87.3 cm³/mol. The van der Waals surface area contributed by atoms with Crippen LogP contribution >= 0.6 is 0 Å². The number of hydrogen-bond donors (Lipinski definition) is 0. The molecule has 0 aliphatic carbocycles. The van der Waals surface area contributed by atoms with Gasteiger partial charge in [0.15, 0.2) is 6.61 Å². The lowest BCUT2D eigenvalue weighted by atomic mass is 10.1. The molecule has 136 valence electrons. The van der Waals surface area contributed by atoms with Gasteiger partial charge in [-0.1, -0.05) is 0 Å². The minimum atomic E-state index is -1.20. The van der Waals surface area contributed by atoms with E-state index >= 15 is 0 Å². The van der Waals surface area contributed by atoms with Crippen molar-refractivity contribution in [2.24, 2.45) is 0 Å². The molecule has 2 aliphatic rings. The van der Waals surface area contributed by atoms with E-state index in [0.29, 0.717) is 18.8 Å². The Morgan fingerprint density at radius 1 is 1.12 bits per heavy atom. The van der Waals surface area contributed by atoms with Crippen molar-refractivity contribution in [1.29, 1.82) is 0 Å². The van der Waals surface area contributed by atoms with Gasteiger partial charge in [-0.05, 0) is 43.5 Å². The van der Waals surface area contributed by atoms with Crippen LogP contribution in [0.2, 0.25) is 0 Å². The third kappa shape index (κ3) is 4.27. The van der Waals surface area contributed by atoms with E-state index in [2.05, 4.69) is 0 Å². The number of ether oxygens (including phenoxy) is 1. The molecular weight excluding hydrogens is 330 g/mol. The van der Waals surface area contributed by atoms with Gasteiger partial charge in [0, 0.05) is 19.5 Å². The Labute approximate surface area is 145 Å². The minimum absolute atomic E-state index is 0.0393. The molecular formula is C18H22F2N2O3. The predicted octanol–water partition coefficient (Wildman–Crippen LogP) is 2.16. The zero-order chi connectivity index (χ0) is 17.8. The highest BCUT2D eigenvalue weighted by Crippen LogP contribution is 2.24. The molecule has 5 nitrogen and oxygen atoms in total. The molecule has 0 spiro atoms. The fourth-order valence-electron chi connectivity index (χ4n) is 3.38. The van der Waals surface area contributed by atoms with Crippen LogP contribution in [0, 0.1) is 5.82 Å². The van der Waals surface area contributed by atoms with Crippen molar-refractivity contribution in [1.82, 2.24) is 9.80 Å². The first-order valence-corrected chi connectivity index (χ1v) is 8.65. The number of benzene rings is 1. The van der Waals surface area contributed by atoms with Gasteiger partial charge >= 0.3 is 0 Å². The van der Waals surface area contributed by atoms with Gasteiger partial charge in [0.05, 0.1) is 6.54 Å². The highest BCUT2D eigenvalue weighted by atomic mass is 19.1. The third-order valence-corrected chi connectivity index (χ3v) is 4.70. The summed E-state index contributed by atoms with van der Waals surface area (Å²) in [5, 5.41) is 0. The molecule has 1 aromatic carbocycles. The summed E-state index contributed by atoms with van der Waals surface area (Å²) in [5.74, 6) is -0.648. The minimum Gasteiger partial charge on any atom is -0.484 e. The van der Waals surface area contributed by atoms with Gasteiger partial charge in [-0.25, -0.2) is 8.78 Å². The molecule has 2 fully saturated rings. The number of nitrogens with zero attached hydrogens (tertiary/aromatic N) is 2. The number of hydrogen-bond acceptors (Lipinski definition) is 3. The lowest BCUT2D eigenvalue weighted by Crippen LogP contribution is -2.50. The standard InChI is InChI=1S/C18H22F2N2O3/c19-13-4-6-15(7-5-13)25-12-17(23)22-11-14(20)10-16(22)18(24)21-8-2-1-3-9-21/h4-7,14,16H,1-3,8-12H2/t14-,16-/m0/s1. The van der Waals surface area contributed by atoms with Crippen molar-refractivity contribution >= 4 is 11.8 Å². The highest BCUT2D eigenvalue weighted by molar-refractivity contribution is 5.89. The van der Waals surface area contributed by atoms with Crippen LogP contribution in [0.15, 0.2) is 24.3 Å². The second kappa shape index (κ2) is 7.80. The maximum absolute atomic E-state index is 13.9. The van der Waals surface area contributed by atoms with Crippen LogP contribution in [0.5, 0.6) is 5.75 Å². The molecule has 2 aliphatic heterocycles. The molecule has 0 radical (unpaired) electrons. The summed E-state index contributed by atoms with van der Waals surface area (Å²) >= 11 is 0. The Morgan fingerprint density at radius 2 is 1.80 bits per heavy atom. The molecule has 2 atom stereocenters. The summed E-state index contributed by atoms with van der Waals surface area (Å²) in [6, 6.07) is 4.55. The van der Waals surface area contributed by atoms with E-state index in [1.807, 2.05) is 0 Å². The zero-order valence-corrected chi connectivity index (χ0v) is 14.0. The van der Waals surface area contributed by atoms with E-state index in [4.69, 9.17) is 4.74 Å². The lowest BCUT2D eigenvalue weighted by Gasteiger charge is -2.32. The smallest absolute Gasteiger partial charge is 0.261 e. The fourth-order valence-corrected chi connectivity index (χ4v) is 3.38. The number of amides is 2. The molecule has 0 bridgehead atoms. The Morgan fingerprint density at radius 3 is 2.48 bits per heavy atom. The van der Waals surface area contributed by atoms with E-state index < -0.39 is 23.9 Å². The first kappa shape index (κ1) is 17.6. The molecule has 0 aromatic heterocycles. The summed E-state index contributed by atoms with van der Waals surface area (Å²) in [5.41, 5.74) is 0. The largest absolute Gasteiger partial charge is 0.484 e.